The van der Waals surface area contributed by atoms with E-state index in [0.717, 1.165) is 11.3 Å². The molecule has 0 atom stereocenters. The molecular formula is C18H14ClN3O. The molecule has 0 aliphatic heterocycles. The first-order valence-corrected chi connectivity index (χ1v) is 7.47. The van der Waals surface area contributed by atoms with Crippen LogP contribution in [0, 0.1) is 6.92 Å². The lowest BCUT2D eigenvalue weighted by Crippen LogP contribution is -2.05. The number of aryl methyl sites for hydroxylation is 1. The summed E-state index contributed by atoms with van der Waals surface area (Å²) in [4.78, 5) is 20.8. The Kier molecular flexibility index (Phi) is 4.35. The van der Waals surface area contributed by atoms with Crippen molar-refractivity contribution in [3.05, 3.63) is 82.6 Å². The molecule has 0 aliphatic rings. The van der Waals surface area contributed by atoms with Gasteiger partial charge in [-0.2, -0.15) is 0 Å². The maximum atomic E-state index is 12.6. The van der Waals surface area contributed by atoms with Gasteiger partial charge in [0, 0.05) is 29.2 Å². The highest BCUT2D eigenvalue weighted by Crippen LogP contribution is 2.25. The zero-order chi connectivity index (χ0) is 16.2. The third-order valence-electron chi connectivity index (χ3n) is 3.43. The summed E-state index contributed by atoms with van der Waals surface area (Å²) in [5, 5.41) is 3.43. The summed E-state index contributed by atoms with van der Waals surface area (Å²) in [6.45, 7) is 1.91. The number of anilines is 2. The fourth-order valence-corrected chi connectivity index (χ4v) is 2.51. The molecule has 1 aromatic heterocycles. The van der Waals surface area contributed by atoms with Crippen molar-refractivity contribution in [3.63, 3.8) is 0 Å². The number of halogens is 1. The number of aromatic nitrogens is 2. The van der Waals surface area contributed by atoms with E-state index in [1.54, 1.807) is 42.7 Å². The summed E-state index contributed by atoms with van der Waals surface area (Å²) < 4.78 is 0. The maximum Gasteiger partial charge on any atom is 0.227 e. The molecule has 3 rings (SSSR count). The second-order valence-electron chi connectivity index (χ2n) is 5.04. The molecular weight excluding hydrogens is 310 g/mol. The molecule has 0 amide bonds. The molecule has 0 saturated heterocycles. The summed E-state index contributed by atoms with van der Waals surface area (Å²) in [6, 6.07) is 14.4. The van der Waals surface area contributed by atoms with Crippen LogP contribution in [-0.4, -0.2) is 15.8 Å². The van der Waals surface area contributed by atoms with Gasteiger partial charge in [-0.05, 0) is 36.8 Å². The van der Waals surface area contributed by atoms with Crippen molar-refractivity contribution in [1.29, 1.82) is 0 Å². The van der Waals surface area contributed by atoms with Crippen LogP contribution < -0.4 is 5.32 Å². The highest BCUT2D eigenvalue weighted by Gasteiger charge is 2.15. The van der Waals surface area contributed by atoms with Crippen molar-refractivity contribution in [2.45, 2.75) is 6.92 Å². The van der Waals surface area contributed by atoms with E-state index >= 15 is 0 Å². The van der Waals surface area contributed by atoms with E-state index in [1.807, 2.05) is 25.1 Å². The van der Waals surface area contributed by atoms with E-state index < -0.39 is 0 Å². The fourth-order valence-electron chi connectivity index (χ4n) is 2.24. The fraction of sp³-hybridized carbons (Fsp3) is 0.0556. The molecule has 4 nitrogen and oxygen atoms in total. The van der Waals surface area contributed by atoms with Crippen molar-refractivity contribution >= 4 is 29.0 Å². The van der Waals surface area contributed by atoms with Crippen LogP contribution in [0.1, 0.15) is 21.5 Å². The molecule has 0 saturated carbocycles. The zero-order valence-corrected chi connectivity index (χ0v) is 13.2. The molecule has 0 unspecified atom stereocenters. The molecule has 0 bridgehead atoms. The number of hydrogen-bond acceptors (Lipinski definition) is 4. The Balaban J connectivity index is 1.88. The number of ketones is 1. The lowest BCUT2D eigenvalue weighted by Gasteiger charge is -2.09. The van der Waals surface area contributed by atoms with Gasteiger partial charge in [-0.15, -0.1) is 0 Å². The van der Waals surface area contributed by atoms with Gasteiger partial charge in [-0.25, -0.2) is 9.97 Å². The van der Waals surface area contributed by atoms with Crippen molar-refractivity contribution in [3.8, 4) is 0 Å². The summed E-state index contributed by atoms with van der Waals surface area (Å²) in [5.41, 5.74) is 2.78. The van der Waals surface area contributed by atoms with E-state index in [1.165, 1.54) is 0 Å². The number of rotatable bonds is 4. The van der Waals surface area contributed by atoms with Gasteiger partial charge in [-0.1, -0.05) is 35.9 Å². The number of carbonyl (C=O) groups excluding carboxylic acids is 1. The van der Waals surface area contributed by atoms with Crippen LogP contribution >= 0.6 is 11.6 Å². The van der Waals surface area contributed by atoms with Gasteiger partial charge in [0.15, 0.2) is 5.78 Å². The predicted molar refractivity (Wildman–Crippen MR) is 91.4 cm³/mol. The van der Waals surface area contributed by atoms with Gasteiger partial charge in [0.2, 0.25) is 5.95 Å². The normalized spacial score (nSPS) is 10.3. The summed E-state index contributed by atoms with van der Waals surface area (Å²) >= 11 is 6.29. The van der Waals surface area contributed by atoms with Crippen LogP contribution in [0.3, 0.4) is 0 Å². The van der Waals surface area contributed by atoms with Crippen LogP contribution in [-0.2, 0) is 0 Å². The Hall–Kier alpha value is -2.72. The minimum Gasteiger partial charge on any atom is -0.324 e. The molecule has 5 heteroatoms. The highest BCUT2D eigenvalue weighted by molar-refractivity contribution is 6.35. The molecule has 23 heavy (non-hydrogen) atoms. The minimum absolute atomic E-state index is 0.0874. The van der Waals surface area contributed by atoms with Gasteiger partial charge in [0.25, 0.3) is 0 Å². The van der Waals surface area contributed by atoms with Crippen LogP contribution in [0.15, 0.2) is 60.9 Å². The number of benzene rings is 2. The number of hydrogen-bond donors (Lipinski definition) is 1. The quantitative estimate of drug-likeness (QED) is 0.722. The van der Waals surface area contributed by atoms with E-state index in [4.69, 9.17) is 11.6 Å². The van der Waals surface area contributed by atoms with E-state index in [-0.39, 0.29) is 5.78 Å². The molecule has 0 spiro atoms. The van der Waals surface area contributed by atoms with Gasteiger partial charge in [-0.3, -0.25) is 4.79 Å². The second-order valence-corrected chi connectivity index (χ2v) is 5.44. The molecule has 3 aromatic rings. The van der Waals surface area contributed by atoms with E-state index in [9.17, 15) is 4.79 Å². The average molecular weight is 324 g/mol. The predicted octanol–water partition coefficient (Wildman–Crippen LogP) is 4.41. The third kappa shape index (κ3) is 3.38. The molecule has 114 valence electrons. The first-order valence-electron chi connectivity index (χ1n) is 7.09. The first kappa shape index (κ1) is 15.2. The third-order valence-corrected chi connectivity index (χ3v) is 3.74. The van der Waals surface area contributed by atoms with Gasteiger partial charge >= 0.3 is 0 Å². The summed E-state index contributed by atoms with van der Waals surface area (Å²) in [6.07, 6.45) is 3.29. The van der Waals surface area contributed by atoms with Crippen molar-refractivity contribution in [1.82, 2.24) is 9.97 Å². The number of nitrogens with zero attached hydrogens (tertiary/aromatic N) is 2. The van der Waals surface area contributed by atoms with E-state index in [2.05, 4.69) is 15.3 Å². The van der Waals surface area contributed by atoms with Crippen LogP contribution in [0.5, 0.6) is 0 Å². The van der Waals surface area contributed by atoms with Crippen LogP contribution in [0.4, 0.5) is 11.6 Å². The largest absolute Gasteiger partial charge is 0.324 e. The van der Waals surface area contributed by atoms with Crippen LogP contribution in [0.25, 0.3) is 0 Å². The first-order chi connectivity index (χ1) is 11.1. The van der Waals surface area contributed by atoms with Crippen LogP contribution in [0.2, 0.25) is 5.02 Å². The Morgan fingerprint density at radius 3 is 2.43 bits per heavy atom. The Bertz CT molecular complexity index is 850. The molecule has 1 heterocycles. The molecule has 1 N–H and O–H groups in total. The van der Waals surface area contributed by atoms with Crippen molar-refractivity contribution in [2.24, 2.45) is 0 Å². The van der Waals surface area contributed by atoms with Gasteiger partial charge in [0.1, 0.15) is 0 Å². The lowest BCUT2D eigenvalue weighted by molar-refractivity contribution is 0.103. The SMILES string of the molecule is Cc1ccccc1C(=O)c1ccc(Nc2ncccn2)cc1Cl. The Morgan fingerprint density at radius 2 is 1.74 bits per heavy atom. The van der Waals surface area contributed by atoms with Gasteiger partial charge < -0.3 is 5.32 Å². The topological polar surface area (TPSA) is 54.9 Å². The molecule has 2 aromatic carbocycles. The smallest absolute Gasteiger partial charge is 0.227 e. The standard InChI is InChI=1S/C18H14ClN3O/c1-12-5-2-3-6-14(12)17(23)15-8-7-13(11-16(15)19)22-18-20-9-4-10-21-18/h2-11H,1H3,(H,20,21,22). The second kappa shape index (κ2) is 6.58. The number of nitrogens with one attached hydrogen (secondary N) is 1. The van der Waals surface area contributed by atoms with Gasteiger partial charge in [0.05, 0.1) is 5.02 Å². The highest BCUT2D eigenvalue weighted by atomic mass is 35.5. The average Bonchev–Trinajstić information content (AvgIpc) is 2.56. The lowest BCUT2D eigenvalue weighted by atomic mass is 9.99. The monoisotopic (exact) mass is 323 g/mol. The Labute approximate surface area is 139 Å². The molecule has 0 radical (unpaired) electrons. The van der Waals surface area contributed by atoms with Crippen molar-refractivity contribution in [2.75, 3.05) is 5.32 Å². The summed E-state index contributed by atoms with van der Waals surface area (Å²) in [5.74, 6) is 0.386. The zero-order valence-electron chi connectivity index (χ0n) is 12.5. The number of carbonyl (C=O) groups is 1. The van der Waals surface area contributed by atoms with E-state index in [0.29, 0.717) is 22.1 Å². The summed E-state index contributed by atoms with van der Waals surface area (Å²) in [7, 11) is 0. The molecule has 0 aliphatic carbocycles. The maximum absolute atomic E-state index is 12.6. The Morgan fingerprint density at radius 1 is 1.00 bits per heavy atom. The minimum atomic E-state index is -0.0874. The van der Waals surface area contributed by atoms with Crippen molar-refractivity contribution < 1.29 is 4.79 Å². The molecule has 0 fully saturated rings.